The van der Waals surface area contributed by atoms with Gasteiger partial charge >= 0.3 is 5.97 Å². The van der Waals surface area contributed by atoms with Gasteiger partial charge in [-0.3, -0.25) is 0 Å². The Hall–Kier alpha value is -1.57. The standard InChI is InChI=1S/C11H10ClNO3/c1-2-16-11(15)8-3-7(5-13)4-10(12)9(8)6-14/h3-4,14H,2,6H2,1H3. The number of rotatable bonds is 3. The highest BCUT2D eigenvalue weighted by Gasteiger charge is 2.16. The van der Waals surface area contributed by atoms with Crippen LogP contribution < -0.4 is 0 Å². The number of ether oxygens (including phenoxy) is 1. The Morgan fingerprint density at radius 3 is 2.81 bits per heavy atom. The molecule has 1 aromatic carbocycles. The smallest absolute Gasteiger partial charge is 0.338 e. The monoisotopic (exact) mass is 239 g/mol. The number of nitriles is 1. The molecule has 16 heavy (non-hydrogen) atoms. The Labute approximate surface area is 98.0 Å². The van der Waals surface area contributed by atoms with Crippen molar-refractivity contribution >= 4 is 17.6 Å². The van der Waals surface area contributed by atoms with Crippen molar-refractivity contribution in [3.05, 3.63) is 33.8 Å². The molecule has 0 saturated carbocycles. The zero-order valence-electron chi connectivity index (χ0n) is 8.66. The molecule has 5 heteroatoms. The van der Waals surface area contributed by atoms with Gasteiger partial charge in [-0.1, -0.05) is 11.6 Å². The molecule has 1 N–H and O–H groups in total. The number of carbonyl (C=O) groups is 1. The van der Waals surface area contributed by atoms with Gasteiger partial charge in [-0.15, -0.1) is 0 Å². The molecule has 0 saturated heterocycles. The molecule has 1 aromatic rings. The summed E-state index contributed by atoms with van der Waals surface area (Å²) in [5.74, 6) is -0.592. The maximum absolute atomic E-state index is 11.5. The average molecular weight is 240 g/mol. The lowest BCUT2D eigenvalue weighted by atomic mass is 10.0. The summed E-state index contributed by atoms with van der Waals surface area (Å²) in [7, 11) is 0. The molecule has 0 fully saturated rings. The van der Waals surface area contributed by atoms with Crippen LogP contribution in [0, 0.1) is 11.3 Å². The predicted molar refractivity (Wildman–Crippen MR) is 58.0 cm³/mol. The van der Waals surface area contributed by atoms with E-state index in [-0.39, 0.29) is 34.9 Å². The molecule has 0 amide bonds. The first-order chi connectivity index (χ1) is 7.63. The molecule has 0 atom stereocenters. The fraction of sp³-hybridized carbons (Fsp3) is 0.273. The zero-order chi connectivity index (χ0) is 12.1. The second kappa shape index (κ2) is 5.50. The number of nitrogens with zero attached hydrogens (tertiary/aromatic N) is 1. The Morgan fingerprint density at radius 1 is 1.62 bits per heavy atom. The minimum atomic E-state index is -0.592. The van der Waals surface area contributed by atoms with Gasteiger partial charge < -0.3 is 9.84 Å². The third-order valence-electron chi connectivity index (χ3n) is 1.98. The van der Waals surface area contributed by atoms with Gasteiger partial charge in [0.2, 0.25) is 0 Å². The molecule has 0 heterocycles. The summed E-state index contributed by atoms with van der Waals surface area (Å²) in [5.41, 5.74) is 0.665. The number of aliphatic hydroxyl groups excluding tert-OH is 1. The number of carbonyl (C=O) groups excluding carboxylic acids is 1. The van der Waals surface area contributed by atoms with E-state index in [9.17, 15) is 4.79 Å². The van der Waals surface area contributed by atoms with Crippen LogP contribution in [-0.4, -0.2) is 17.7 Å². The highest BCUT2D eigenvalue weighted by atomic mass is 35.5. The molecule has 0 aliphatic carbocycles. The van der Waals surface area contributed by atoms with Gasteiger partial charge in [-0.25, -0.2) is 4.79 Å². The Kier molecular flexibility index (Phi) is 4.29. The highest BCUT2D eigenvalue weighted by molar-refractivity contribution is 6.32. The quantitative estimate of drug-likeness (QED) is 0.818. The number of esters is 1. The van der Waals surface area contributed by atoms with Crippen LogP contribution in [-0.2, 0) is 11.3 Å². The number of hydrogen-bond acceptors (Lipinski definition) is 4. The van der Waals surface area contributed by atoms with Gasteiger partial charge in [0.05, 0.1) is 30.4 Å². The van der Waals surface area contributed by atoms with E-state index in [4.69, 9.17) is 26.7 Å². The molecule has 0 aliphatic rings. The minimum absolute atomic E-state index is 0.133. The molecule has 0 unspecified atom stereocenters. The highest BCUT2D eigenvalue weighted by Crippen LogP contribution is 2.23. The molecule has 0 radical (unpaired) electrons. The van der Waals surface area contributed by atoms with E-state index in [2.05, 4.69) is 0 Å². The van der Waals surface area contributed by atoms with Crippen LogP contribution in [0.1, 0.15) is 28.4 Å². The van der Waals surface area contributed by atoms with Crippen LogP contribution in [0.3, 0.4) is 0 Å². The van der Waals surface area contributed by atoms with Crippen LogP contribution in [0.4, 0.5) is 0 Å². The summed E-state index contributed by atoms with van der Waals surface area (Å²) < 4.78 is 4.81. The Bertz CT molecular complexity index is 451. The zero-order valence-corrected chi connectivity index (χ0v) is 9.41. The van der Waals surface area contributed by atoms with E-state index in [0.29, 0.717) is 0 Å². The first-order valence-electron chi connectivity index (χ1n) is 4.64. The lowest BCUT2D eigenvalue weighted by Gasteiger charge is -2.08. The largest absolute Gasteiger partial charge is 0.462 e. The summed E-state index contributed by atoms with van der Waals surface area (Å²) in [6, 6.07) is 4.64. The van der Waals surface area contributed by atoms with Gasteiger partial charge in [0.25, 0.3) is 0 Å². The van der Waals surface area contributed by atoms with Crippen LogP contribution in [0.5, 0.6) is 0 Å². The van der Waals surface area contributed by atoms with Crippen molar-refractivity contribution in [1.82, 2.24) is 0 Å². The third kappa shape index (κ3) is 2.51. The molecule has 1 rings (SSSR count). The second-order valence-electron chi connectivity index (χ2n) is 2.97. The second-order valence-corrected chi connectivity index (χ2v) is 3.38. The van der Waals surface area contributed by atoms with Gasteiger partial charge in [0.15, 0.2) is 0 Å². The normalized spacial score (nSPS) is 9.62. The van der Waals surface area contributed by atoms with Gasteiger partial charge in [0.1, 0.15) is 0 Å². The van der Waals surface area contributed by atoms with Crippen molar-refractivity contribution in [2.45, 2.75) is 13.5 Å². The molecule has 0 aromatic heterocycles. The van der Waals surface area contributed by atoms with Crippen molar-refractivity contribution in [2.24, 2.45) is 0 Å². The fourth-order valence-corrected chi connectivity index (χ4v) is 1.53. The molecular formula is C11H10ClNO3. The van der Waals surface area contributed by atoms with Gasteiger partial charge in [-0.2, -0.15) is 5.26 Å². The van der Waals surface area contributed by atoms with Crippen molar-refractivity contribution in [2.75, 3.05) is 6.61 Å². The van der Waals surface area contributed by atoms with Crippen molar-refractivity contribution < 1.29 is 14.6 Å². The minimum Gasteiger partial charge on any atom is -0.462 e. The van der Waals surface area contributed by atoms with Crippen LogP contribution >= 0.6 is 11.6 Å². The number of hydrogen-bond donors (Lipinski definition) is 1. The number of aliphatic hydroxyl groups is 1. The Balaban J connectivity index is 3.29. The summed E-state index contributed by atoms with van der Waals surface area (Å²) in [6.45, 7) is 1.52. The molecule has 0 bridgehead atoms. The summed E-state index contributed by atoms with van der Waals surface area (Å²) >= 11 is 5.84. The van der Waals surface area contributed by atoms with E-state index in [1.807, 2.05) is 6.07 Å². The lowest BCUT2D eigenvalue weighted by molar-refractivity contribution is 0.0523. The van der Waals surface area contributed by atoms with Gasteiger partial charge in [-0.05, 0) is 19.1 Å². The fourth-order valence-electron chi connectivity index (χ4n) is 1.25. The molecule has 84 valence electrons. The van der Waals surface area contributed by atoms with E-state index in [0.717, 1.165) is 0 Å². The van der Waals surface area contributed by atoms with E-state index in [1.54, 1.807) is 6.92 Å². The molecule has 0 aliphatic heterocycles. The van der Waals surface area contributed by atoms with Gasteiger partial charge in [0, 0.05) is 10.6 Å². The molecular weight excluding hydrogens is 230 g/mol. The molecule has 4 nitrogen and oxygen atoms in total. The summed E-state index contributed by atoms with van der Waals surface area (Å²) in [5, 5.41) is 18.0. The third-order valence-corrected chi connectivity index (χ3v) is 2.32. The first kappa shape index (κ1) is 12.5. The SMILES string of the molecule is CCOC(=O)c1cc(C#N)cc(Cl)c1CO. The van der Waals surface area contributed by atoms with E-state index < -0.39 is 5.97 Å². The van der Waals surface area contributed by atoms with Crippen LogP contribution in [0.25, 0.3) is 0 Å². The lowest BCUT2D eigenvalue weighted by Crippen LogP contribution is -2.09. The topological polar surface area (TPSA) is 70.3 Å². The number of benzene rings is 1. The maximum atomic E-state index is 11.5. The maximum Gasteiger partial charge on any atom is 0.338 e. The molecule has 0 spiro atoms. The first-order valence-corrected chi connectivity index (χ1v) is 5.02. The number of halogens is 1. The van der Waals surface area contributed by atoms with Crippen molar-refractivity contribution in [1.29, 1.82) is 5.26 Å². The van der Waals surface area contributed by atoms with E-state index >= 15 is 0 Å². The van der Waals surface area contributed by atoms with E-state index in [1.165, 1.54) is 12.1 Å². The van der Waals surface area contributed by atoms with Crippen molar-refractivity contribution in [3.8, 4) is 6.07 Å². The summed E-state index contributed by atoms with van der Waals surface area (Å²) in [4.78, 5) is 11.5. The predicted octanol–water partition coefficient (Wildman–Crippen LogP) is 1.88. The van der Waals surface area contributed by atoms with Crippen LogP contribution in [0.2, 0.25) is 5.02 Å². The summed E-state index contributed by atoms with van der Waals surface area (Å²) in [6.07, 6.45) is 0. The van der Waals surface area contributed by atoms with Crippen LogP contribution in [0.15, 0.2) is 12.1 Å². The average Bonchev–Trinajstić information content (AvgIpc) is 2.28. The Morgan fingerprint density at radius 2 is 2.31 bits per heavy atom. The van der Waals surface area contributed by atoms with Crippen molar-refractivity contribution in [3.63, 3.8) is 0 Å².